The minimum atomic E-state index is 0.177. The number of benzene rings is 1. The van der Waals surface area contributed by atoms with Crippen LogP contribution in [0.25, 0.3) is 0 Å². The van der Waals surface area contributed by atoms with Gasteiger partial charge in [0.25, 0.3) is 0 Å². The molecule has 66 valence electrons. The van der Waals surface area contributed by atoms with Crippen molar-refractivity contribution >= 4 is 5.69 Å². The first-order chi connectivity index (χ1) is 5.77. The summed E-state index contributed by atoms with van der Waals surface area (Å²) in [5, 5.41) is 3.07. The van der Waals surface area contributed by atoms with Crippen molar-refractivity contribution in [3.8, 4) is 0 Å². The first-order valence-corrected chi connectivity index (χ1v) is 4.31. The molecule has 0 heterocycles. The molecule has 0 aliphatic heterocycles. The molecule has 2 heteroatoms. The van der Waals surface area contributed by atoms with Gasteiger partial charge >= 0.3 is 0 Å². The normalized spacial score (nSPS) is 12.6. The van der Waals surface area contributed by atoms with Crippen LogP contribution in [0.4, 0.5) is 5.69 Å². The summed E-state index contributed by atoms with van der Waals surface area (Å²) in [4.78, 5) is 0. The number of nitrogens with two attached hydrogens (primary N) is 1. The lowest BCUT2D eigenvalue weighted by Gasteiger charge is -2.09. The molecule has 0 saturated heterocycles. The molecule has 0 aliphatic rings. The number of nitrogens with one attached hydrogen (secondary N) is 1. The fourth-order valence-electron chi connectivity index (χ4n) is 1.13. The molecule has 3 N–H and O–H groups in total. The molecule has 0 fully saturated rings. The molecule has 0 unspecified atom stereocenters. The van der Waals surface area contributed by atoms with Crippen molar-refractivity contribution in [3.63, 3.8) is 0 Å². The van der Waals surface area contributed by atoms with Crippen LogP contribution in [-0.4, -0.2) is 7.05 Å². The van der Waals surface area contributed by atoms with Crippen LogP contribution in [0.3, 0.4) is 0 Å². The molecule has 12 heavy (non-hydrogen) atoms. The van der Waals surface area contributed by atoms with Gasteiger partial charge in [-0.1, -0.05) is 19.1 Å². The summed E-state index contributed by atoms with van der Waals surface area (Å²) in [5.74, 6) is 0. The van der Waals surface area contributed by atoms with E-state index in [4.69, 9.17) is 5.73 Å². The third kappa shape index (κ3) is 1.98. The third-order valence-electron chi connectivity index (χ3n) is 2.07. The van der Waals surface area contributed by atoms with Crippen molar-refractivity contribution in [2.24, 2.45) is 5.73 Å². The van der Waals surface area contributed by atoms with Crippen molar-refractivity contribution in [1.82, 2.24) is 0 Å². The molecular weight excluding hydrogens is 148 g/mol. The van der Waals surface area contributed by atoms with Gasteiger partial charge in [0, 0.05) is 18.8 Å². The predicted molar refractivity (Wildman–Crippen MR) is 53.2 cm³/mol. The fourth-order valence-corrected chi connectivity index (χ4v) is 1.13. The maximum absolute atomic E-state index is 5.87. The zero-order valence-corrected chi connectivity index (χ0v) is 7.67. The van der Waals surface area contributed by atoms with Crippen LogP contribution in [0.5, 0.6) is 0 Å². The van der Waals surface area contributed by atoms with Crippen molar-refractivity contribution < 1.29 is 0 Å². The fraction of sp³-hybridized carbons (Fsp3) is 0.400. The van der Waals surface area contributed by atoms with Gasteiger partial charge in [-0.3, -0.25) is 0 Å². The van der Waals surface area contributed by atoms with E-state index in [0.29, 0.717) is 0 Å². The second-order valence-electron chi connectivity index (χ2n) is 2.89. The van der Waals surface area contributed by atoms with E-state index in [2.05, 4.69) is 24.4 Å². The Balaban J connectivity index is 2.77. The average molecular weight is 164 g/mol. The second-order valence-corrected chi connectivity index (χ2v) is 2.89. The van der Waals surface area contributed by atoms with E-state index in [1.807, 2.05) is 19.2 Å². The highest BCUT2D eigenvalue weighted by atomic mass is 14.8. The highest BCUT2D eigenvalue weighted by molar-refractivity contribution is 5.44. The summed E-state index contributed by atoms with van der Waals surface area (Å²) in [6, 6.07) is 8.41. The summed E-state index contributed by atoms with van der Waals surface area (Å²) in [6.45, 7) is 2.09. The summed E-state index contributed by atoms with van der Waals surface area (Å²) < 4.78 is 0. The van der Waals surface area contributed by atoms with E-state index in [-0.39, 0.29) is 6.04 Å². The Morgan fingerprint density at radius 1 is 1.33 bits per heavy atom. The van der Waals surface area contributed by atoms with Gasteiger partial charge in [0.05, 0.1) is 0 Å². The molecule has 1 atom stereocenters. The largest absolute Gasteiger partial charge is 0.388 e. The average Bonchev–Trinajstić information content (AvgIpc) is 2.17. The lowest BCUT2D eigenvalue weighted by atomic mass is 10.1. The van der Waals surface area contributed by atoms with E-state index in [1.54, 1.807) is 0 Å². The Morgan fingerprint density at radius 2 is 1.92 bits per heavy atom. The molecule has 0 aliphatic carbocycles. The van der Waals surface area contributed by atoms with Crippen LogP contribution in [0.1, 0.15) is 24.9 Å². The van der Waals surface area contributed by atoms with Gasteiger partial charge in [-0.25, -0.2) is 0 Å². The van der Waals surface area contributed by atoms with Crippen molar-refractivity contribution in [2.45, 2.75) is 19.4 Å². The number of hydrogen-bond donors (Lipinski definition) is 2. The summed E-state index contributed by atoms with van der Waals surface area (Å²) in [6.07, 6.45) is 0.985. The lowest BCUT2D eigenvalue weighted by molar-refractivity contribution is 0.699. The van der Waals surface area contributed by atoms with Crippen LogP contribution in [0.15, 0.2) is 24.3 Å². The maximum atomic E-state index is 5.87. The Kier molecular flexibility index (Phi) is 3.11. The van der Waals surface area contributed by atoms with Crippen molar-refractivity contribution in [1.29, 1.82) is 0 Å². The van der Waals surface area contributed by atoms with E-state index >= 15 is 0 Å². The molecule has 0 amide bonds. The Labute approximate surface area is 73.8 Å². The molecule has 1 aromatic rings. The molecule has 2 nitrogen and oxygen atoms in total. The van der Waals surface area contributed by atoms with Gasteiger partial charge < -0.3 is 11.1 Å². The first kappa shape index (κ1) is 9.07. The van der Waals surface area contributed by atoms with Crippen molar-refractivity contribution in [3.05, 3.63) is 29.8 Å². The molecule has 1 aromatic carbocycles. The highest BCUT2D eigenvalue weighted by Gasteiger charge is 2.01. The van der Waals surface area contributed by atoms with E-state index in [9.17, 15) is 0 Å². The number of hydrogen-bond acceptors (Lipinski definition) is 2. The monoisotopic (exact) mass is 164 g/mol. The summed E-state index contributed by atoms with van der Waals surface area (Å²) in [7, 11) is 1.91. The zero-order chi connectivity index (χ0) is 8.97. The number of rotatable bonds is 3. The van der Waals surface area contributed by atoms with Crippen LogP contribution < -0.4 is 11.1 Å². The SMILES string of the molecule is CC[C@@H](N)c1ccc(NC)cc1. The van der Waals surface area contributed by atoms with E-state index in [0.717, 1.165) is 12.1 Å². The van der Waals surface area contributed by atoms with Gasteiger partial charge in [0.15, 0.2) is 0 Å². The summed E-state index contributed by atoms with van der Waals surface area (Å²) in [5.41, 5.74) is 8.20. The van der Waals surface area contributed by atoms with Crippen LogP contribution in [0, 0.1) is 0 Å². The number of anilines is 1. The predicted octanol–water partition coefficient (Wildman–Crippen LogP) is 2.14. The Hall–Kier alpha value is -1.02. The Bertz CT molecular complexity index is 228. The summed E-state index contributed by atoms with van der Waals surface area (Å²) >= 11 is 0. The van der Waals surface area contributed by atoms with Gasteiger partial charge in [0.1, 0.15) is 0 Å². The zero-order valence-electron chi connectivity index (χ0n) is 7.67. The molecule has 0 saturated carbocycles. The second kappa shape index (κ2) is 4.12. The molecule has 1 rings (SSSR count). The molecule has 0 radical (unpaired) electrons. The topological polar surface area (TPSA) is 38.0 Å². The minimum absolute atomic E-state index is 0.177. The molecule has 0 aromatic heterocycles. The minimum Gasteiger partial charge on any atom is -0.388 e. The Morgan fingerprint density at radius 3 is 2.33 bits per heavy atom. The van der Waals surface area contributed by atoms with Gasteiger partial charge in [0.2, 0.25) is 0 Å². The first-order valence-electron chi connectivity index (χ1n) is 4.31. The maximum Gasteiger partial charge on any atom is 0.0337 e. The van der Waals surface area contributed by atoms with Gasteiger partial charge in [-0.05, 0) is 24.1 Å². The highest BCUT2D eigenvalue weighted by Crippen LogP contribution is 2.15. The lowest BCUT2D eigenvalue weighted by Crippen LogP contribution is -2.08. The quantitative estimate of drug-likeness (QED) is 0.718. The van der Waals surface area contributed by atoms with Gasteiger partial charge in [-0.15, -0.1) is 0 Å². The molecular formula is C10H16N2. The van der Waals surface area contributed by atoms with Crippen LogP contribution in [0.2, 0.25) is 0 Å². The van der Waals surface area contributed by atoms with E-state index in [1.165, 1.54) is 5.56 Å². The van der Waals surface area contributed by atoms with Crippen LogP contribution in [-0.2, 0) is 0 Å². The molecule has 0 spiro atoms. The van der Waals surface area contributed by atoms with E-state index < -0.39 is 0 Å². The third-order valence-corrected chi connectivity index (χ3v) is 2.07. The smallest absolute Gasteiger partial charge is 0.0337 e. The van der Waals surface area contributed by atoms with Gasteiger partial charge in [-0.2, -0.15) is 0 Å². The van der Waals surface area contributed by atoms with Crippen molar-refractivity contribution in [2.75, 3.05) is 12.4 Å². The molecule has 0 bridgehead atoms. The van der Waals surface area contributed by atoms with Crippen LogP contribution >= 0.6 is 0 Å². The standard InChI is InChI=1S/C10H16N2/c1-3-10(11)8-4-6-9(12-2)7-5-8/h4-7,10,12H,3,11H2,1-2H3/t10-/m1/s1.